The molecule has 1 amide bonds. The molecule has 0 aliphatic heterocycles. The number of fused-ring (bicyclic) bond motifs is 1. The van der Waals surface area contributed by atoms with Gasteiger partial charge < -0.3 is 10.2 Å². The second kappa shape index (κ2) is 11.3. The summed E-state index contributed by atoms with van der Waals surface area (Å²) in [5.41, 5.74) is -0.770. The van der Waals surface area contributed by atoms with E-state index in [1.54, 1.807) is 24.3 Å². The maximum Gasteiger partial charge on any atom is 0.435 e. The van der Waals surface area contributed by atoms with E-state index in [1.807, 2.05) is 0 Å². The van der Waals surface area contributed by atoms with E-state index >= 15 is 0 Å². The lowest BCUT2D eigenvalue weighted by atomic mass is 9.92. The maximum absolute atomic E-state index is 14.0. The second-order valence-corrected chi connectivity index (χ2v) is 8.96. The third kappa shape index (κ3) is 6.49. The van der Waals surface area contributed by atoms with Gasteiger partial charge in [0.1, 0.15) is 18.9 Å². The van der Waals surface area contributed by atoms with Crippen molar-refractivity contribution < 1.29 is 22.8 Å². The SMILES string of the molecule is O=C(NC=NOCc1ccc(Cl)cc1Cl)[C@H](c1ccc(Cl)cc1)c1nc2ccccc2nc1C(F)(F)F. The molecule has 1 heterocycles. The Hall–Kier alpha value is -3.40. The van der Waals surface area contributed by atoms with Crippen LogP contribution in [0.15, 0.2) is 71.9 Å². The van der Waals surface area contributed by atoms with Crippen molar-refractivity contribution in [2.75, 3.05) is 0 Å². The highest BCUT2D eigenvalue weighted by Crippen LogP contribution is 2.37. The summed E-state index contributed by atoms with van der Waals surface area (Å²) in [5, 5.41) is 7.16. The summed E-state index contributed by atoms with van der Waals surface area (Å²) in [6.07, 6.45) is -3.94. The van der Waals surface area contributed by atoms with E-state index in [9.17, 15) is 18.0 Å². The molecular weight excluding hydrogens is 552 g/mol. The highest BCUT2D eigenvalue weighted by atomic mass is 35.5. The monoisotopic (exact) mass is 566 g/mol. The van der Waals surface area contributed by atoms with Crippen molar-refractivity contribution in [2.24, 2.45) is 5.16 Å². The number of alkyl halides is 3. The number of carbonyl (C=O) groups is 1. The number of benzene rings is 3. The first kappa shape index (κ1) is 26.7. The lowest BCUT2D eigenvalue weighted by Crippen LogP contribution is -2.31. The van der Waals surface area contributed by atoms with Crippen LogP contribution in [0.2, 0.25) is 15.1 Å². The quantitative estimate of drug-likeness (QED) is 0.148. The van der Waals surface area contributed by atoms with E-state index in [-0.39, 0.29) is 23.2 Å². The van der Waals surface area contributed by atoms with Crippen LogP contribution in [0.4, 0.5) is 13.2 Å². The Morgan fingerprint density at radius 2 is 1.62 bits per heavy atom. The number of hydrogen-bond acceptors (Lipinski definition) is 5. The molecule has 1 atom stereocenters. The number of amides is 1. The fourth-order valence-corrected chi connectivity index (χ4v) is 4.06. The van der Waals surface area contributed by atoms with Crippen molar-refractivity contribution in [1.29, 1.82) is 0 Å². The van der Waals surface area contributed by atoms with Gasteiger partial charge in [0.05, 0.1) is 16.7 Å². The minimum atomic E-state index is -4.87. The van der Waals surface area contributed by atoms with Crippen molar-refractivity contribution in [1.82, 2.24) is 15.3 Å². The van der Waals surface area contributed by atoms with Crippen LogP contribution in [0.1, 0.15) is 28.4 Å². The van der Waals surface area contributed by atoms with Gasteiger partial charge in [-0.05, 0) is 42.0 Å². The number of hydrogen-bond donors (Lipinski definition) is 1. The van der Waals surface area contributed by atoms with Crippen LogP contribution in [-0.2, 0) is 22.4 Å². The summed E-state index contributed by atoms with van der Waals surface area (Å²) in [6.45, 7) is -0.0304. The van der Waals surface area contributed by atoms with Crippen molar-refractivity contribution >= 4 is 58.1 Å². The third-order valence-corrected chi connectivity index (χ3v) is 6.01. The molecule has 0 aliphatic carbocycles. The Morgan fingerprint density at radius 3 is 2.27 bits per heavy atom. The summed E-state index contributed by atoms with van der Waals surface area (Å²) in [4.78, 5) is 26.3. The fourth-order valence-electron chi connectivity index (χ4n) is 3.47. The highest BCUT2D eigenvalue weighted by molar-refractivity contribution is 6.35. The van der Waals surface area contributed by atoms with Crippen molar-refractivity contribution in [3.05, 3.63) is 104 Å². The minimum absolute atomic E-state index is 0.0304. The number of carbonyl (C=O) groups excluding carboxylic acids is 1. The maximum atomic E-state index is 14.0. The van der Waals surface area contributed by atoms with Gasteiger partial charge in [-0.15, -0.1) is 0 Å². The molecule has 37 heavy (non-hydrogen) atoms. The Kier molecular flexibility index (Phi) is 8.16. The van der Waals surface area contributed by atoms with Gasteiger partial charge in [-0.25, -0.2) is 9.97 Å². The molecule has 6 nitrogen and oxygen atoms in total. The average molecular weight is 568 g/mol. The highest BCUT2D eigenvalue weighted by Gasteiger charge is 2.41. The number of nitrogens with one attached hydrogen (secondary N) is 1. The van der Waals surface area contributed by atoms with Crippen molar-refractivity contribution in [2.45, 2.75) is 18.7 Å². The predicted octanol–water partition coefficient (Wildman–Crippen LogP) is 7.02. The van der Waals surface area contributed by atoms with E-state index in [0.29, 0.717) is 20.6 Å². The molecule has 1 N–H and O–H groups in total. The number of halogens is 6. The number of nitrogens with zero attached hydrogens (tertiary/aromatic N) is 3. The third-order valence-electron chi connectivity index (χ3n) is 5.17. The van der Waals surface area contributed by atoms with E-state index in [4.69, 9.17) is 39.6 Å². The van der Waals surface area contributed by atoms with Gasteiger partial charge in [-0.1, -0.05) is 70.3 Å². The summed E-state index contributed by atoms with van der Waals surface area (Å²) >= 11 is 17.9. The van der Waals surface area contributed by atoms with Gasteiger partial charge in [0.2, 0.25) is 5.91 Å². The molecule has 190 valence electrons. The normalized spacial score (nSPS) is 12.6. The van der Waals surface area contributed by atoms with Gasteiger partial charge in [-0.2, -0.15) is 13.2 Å². The largest absolute Gasteiger partial charge is 0.435 e. The molecule has 1 aromatic heterocycles. The van der Waals surface area contributed by atoms with Crippen LogP contribution in [-0.4, -0.2) is 22.2 Å². The Morgan fingerprint density at radius 1 is 0.973 bits per heavy atom. The molecule has 0 spiro atoms. The van der Waals surface area contributed by atoms with E-state index in [1.165, 1.54) is 42.5 Å². The Bertz CT molecular complexity index is 1460. The van der Waals surface area contributed by atoms with E-state index in [2.05, 4.69) is 20.4 Å². The van der Waals surface area contributed by atoms with Crippen LogP contribution in [0, 0.1) is 0 Å². The molecule has 0 saturated heterocycles. The molecular formula is C25H16Cl3F3N4O2. The van der Waals surface area contributed by atoms with Crippen LogP contribution >= 0.6 is 34.8 Å². The standard InChI is InChI=1S/C25H16Cl3F3N4O2/c26-16-8-5-14(6-9-16)21(22-23(25(29,30)31)35-20-4-2-1-3-19(20)34-22)24(36)32-13-33-37-12-15-7-10-17(27)11-18(15)28/h1-11,13,21H,12H2,(H,32,33,36)/t21-/m1/s1. The molecule has 0 unspecified atom stereocenters. The Labute approximate surface area is 224 Å². The van der Waals surface area contributed by atoms with Crippen molar-refractivity contribution in [3.63, 3.8) is 0 Å². The van der Waals surface area contributed by atoms with Gasteiger partial charge in [0.15, 0.2) is 5.69 Å². The predicted molar refractivity (Wildman–Crippen MR) is 136 cm³/mol. The molecule has 4 aromatic rings. The first-order valence-electron chi connectivity index (χ1n) is 10.6. The van der Waals surface area contributed by atoms with E-state index < -0.39 is 29.4 Å². The van der Waals surface area contributed by atoms with Crippen LogP contribution in [0.25, 0.3) is 11.0 Å². The lowest BCUT2D eigenvalue weighted by Gasteiger charge is -2.20. The first-order chi connectivity index (χ1) is 17.6. The van der Waals surface area contributed by atoms with Crippen molar-refractivity contribution in [3.8, 4) is 0 Å². The minimum Gasteiger partial charge on any atom is -0.390 e. The zero-order valence-electron chi connectivity index (χ0n) is 18.6. The number of aromatic nitrogens is 2. The van der Waals surface area contributed by atoms with Gasteiger partial charge >= 0.3 is 6.18 Å². The molecule has 3 aromatic carbocycles. The summed E-state index contributed by atoms with van der Waals surface area (Å²) < 4.78 is 42.1. The Balaban J connectivity index is 1.64. The molecule has 0 aliphatic rings. The molecule has 0 radical (unpaired) electrons. The van der Waals surface area contributed by atoms with Crippen LogP contribution in [0.3, 0.4) is 0 Å². The molecule has 0 saturated carbocycles. The first-order valence-corrected chi connectivity index (χ1v) is 11.7. The summed E-state index contributed by atoms with van der Waals surface area (Å²) in [7, 11) is 0. The summed E-state index contributed by atoms with van der Waals surface area (Å²) in [5.74, 6) is -2.32. The fraction of sp³-hybridized carbons (Fsp3) is 0.120. The number of rotatable bonds is 7. The molecule has 0 bridgehead atoms. The van der Waals surface area contributed by atoms with Crippen LogP contribution < -0.4 is 5.32 Å². The van der Waals surface area contributed by atoms with Gasteiger partial charge in [0, 0.05) is 20.6 Å². The molecule has 12 heteroatoms. The smallest absolute Gasteiger partial charge is 0.390 e. The van der Waals surface area contributed by atoms with E-state index in [0.717, 1.165) is 6.34 Å². The zero-order chi connectivity index (χ0) is 26.6. The second-order valence-electron chi connectivity index (χ2n) is 7.68. The summed E-state index contributed by atoms with van der Waals surface area (Å²) in [6, 6.07) is 16.7. The number of oxime groups is 1. The zero-order valence-corrected chi connectivity index (χ0v) is 20.9. The topological polar surface area (TPSA) is 76.5 Å². The van der Waals surface area contributed by atoms with Gasteiger partial charge in [0.25, 0.3) is 0 Å². The molecule has 0 fully saturated rings. The molecule has 4 rings (SSSR count). The lowest BCUT2D eigenvalue weighted by molar-refractivity contribution is -0.142. The van der Waals surface area contributed by atoms with Gasteiger partial charge in [-0.3, -0.25) is 4.79 Å². The van der Waals surface area contributed by atoms with Crippen LogP contribution in [0.5, 0.6) is 0 Å². The number of para-hydroxylation sites is 2. The average Bonchev–Trinajstić information content (AvgIpc) is 2.85.